The number of hydrogen-bond donors (Lipinski definition) is 2. The third-order valence-corrected chi connectivity index (χ3v) is 3.33. The standard InChI is InChI=1S/C14H16N4O/c1-10-8-18(9-16-10)14(19)17-13-4-2-3-11-7-15-6-5-12(11)13/h2-7,10,16H,8-9H2,1H3,(H,17,19). The zero-order valence-electron chi connectivity index (χ0n) is 10.8. The number of nitrogens with one attached hydrogen (secondary N) is 2. The minimum absolute atomic E-state index is 0.0684. The Morgan fingerprint density at radius 1 is 1.47 bits per heavy atom. The van der Waals surface area contributed by atoms with Gasteiger partial charge in [-0.25, -0.2) is 4.79 Å². The smallest absolute Gasteiger partial charge is 0.310 e. The summed E-state index contributed by atoms with van der Waals surface area (Å²) in [7, 11) is 0. The summed E-state index contributed by atoms with van der Waals surface area (Å²) in [5.41, 5.74) is 0.824. The van der Waals surface area contributed by atoms with Gasteiger partial charge in [0.05, 0.1) is 12.4 Å². The maximum atomic E-state index is 12.2. The summed E-state index contributed by atoms with van der Waals surface area (Å²) in [6, 6.07) is 8.01. The molecule has 2 N–H and O–H groups in total. The first-order valence-electron chi connectivity index (χ1n) is 6.36. The second kappa shape index (κ2) is 4.85. The quantitative estimate of drug-likeness (QED) is 0.820. The Balaban J connectivity index is 1.83. The fourth-order valence-electron chi connectivity index (χ4n) is 2.31. The Hall–Kier alpha value is -2.14. The number of pyridine rings is 1. The van der Waals surface area contributed by atoms with E-state index in [0.717, 1.165) is 23.0 Å². The zero-order valence-corrected chi connectivity index (χ0v) is 10.8. The van der Waals surface area contributed by atoms with E-state index >= 15 is 0 Å². The molecular formula is C14H16N4O. The molecule has 5 nitrogen and oxygen atoms in total. The Morgan fingerprint density at radius 2 is 2.37 bits per heavy atom. The number of hydrogen-bond acceptors (Lipinski definition) is 3. The van der Waals surface area contributed by atoms with Crippen LogP contribution in [-0.4, -0.2) is 35.2 Å². The van der Waals surface area contributed by atoms with E-state index in [0.29, 0.717) is 12.7 Å². The molecule has 5 heteroatoms. The molecule has 1 atom stereocenters. The molecule has 0 aliphatic carbocycles. The van der Waals surface area contributed by atoms with Gasteiger partial charge in [-0.3, -0.25) is 10.3 Å². The first kappa shape index (κ1) is 11.9. The molecule has 1 fully saturated rings. The molecule has 1 aromatic carbocycles. The van der Waals surface area contributed by atoms with E-state index in [9.17, 15) is 4.79 Å². The SMILES string of the molecule is CC1CN(C(=O)Nc2cccc3cnccc23)CN1. The van der Waals surface area contributed by atoms with Crippen molar-refractivity contribution in [1.82, 2.24) is 15.2 Å². The third kappa shape index (κ3) is 2.37. The van der Waals surface area contributed by atoms with E-state index in [-0.39, 0.29) is 6.03 Å². The lowest BCUT2D eigenvalue weighted by Gasteiger charge is -2.16. The minimum atomic E-state index is -0.0684. The molecule has 0 saturated carbocycles. The molecule has 0 bridgehead atoms. The molecule has 1 aliphatic heterocycles. The summed E-state index contributed by atoms with van der Waals surface area (Å²) < 4.78 is 0. The van der Waals surface area contributed by atoms with Gasteiger partial charge in [0.15, 0.2) is 0 Å². The van der Waals surface area contributed by atoms with E-state index in [1.807, 2.05) is 24.3 Å². The van der Waals surface area contributed by atoms with Gasteiger partial charge < -0.3 is 10.2 Å². The van der Waals surface area contributed by atoms with Crippen LogP contribution in [0, 0.1) is 0 Å². The lowest BCUT2D eigenvalue weighted by atomic mass is 10.1. The van der Waals surface area contributed by atoms with Crippen LogP contribution in [-0.2, 0) is 0 Å². The summed E-state index contributed by atoms with van der Waals surface area (Å²) in [5.74, 6) is 0. The molecule has 1 unspecified atom stereocenters. The average Bonchev–Trinajstić information content (AvgIpc) is 2.86. The van der Waals surface area contributed by atoms with Crippen molar-refractivity contribution in [2.45, 2.75) is 13.0 Å². The maximum absolute atomic E-state index is 12.2. The summed E-state index contributed by atoms with van der Waals surface area (Å²) in [6.07, 6.45) is 3.53. The number of carbonyl (C=O) groups excluding carboxylic acids is 1. The number of nitrogens with zero attached hydrogens (tertiary/aromatic N) is 2. The first-order chi connectivity index (χ1) is 9.24. The Labute approximate surface area is 111 Å². The molecule has 98 valence electrons. The van der Waals surface area contributed by atoms with Crippen molar-refractivity contribution in [3.63, 3.8) is 0 Å². The van der Waals surface area contributed by atoms with Crippen LogP contribution in [0.4, 0.5) is 10.5 Å². The molecule has 1 aliphatic rings. The fourth-order valence-corrected chi connectivity index (χ4v) is 2.31. The number of rotatable bonds is 1. The molecule has 3 rings (SSSR count). The van der Waals surface area contributed by atoms with E-state index in [1.54, 1.807) is 17.3 Å². The van der Waals surface area contributed by atoms with Crippen LogP contribution in [0.3, 0.4) is 0 Å². The highest BCUT2D eigenvalue weighted by Gasteiger charge is 2.22. The Kier molecular flexibility index (Phi) is 3.05. The van der Waals surface area contributed by atoms with Crippen molar-refractivity contribution in [2.75, 3.05) is 18.5 Å². The van der Waals surface area contributed by atoms with Gasteiger partial charge in [-0.15, -0.1) is 0 Å². The van der Waals surface area contributed by atoms with E-state index < -0.39 is 0 Å². The van der Waals surface area contributed by atoms with Gasteiger partial charge >= 0.3 is 6.03 Å². The molecule has 0 radical (unpaired) electrons. The van der Waals surface area contributed by atoms with Crippen molar-refractivity contribution in [2.24, 2.45) is 0 Å². The van der Waals surface area contributed by atoms with Crippen LogP contribution >= 0.6 is 0 Å². The second-order valence-corrected chi connectivity index (χ2v) is 4.82. The van der Waals surface area contributed by atoms with Crippen molar-refractivity contribution in [3.8, 4) is 0 Å². The molecule has 1 saturated heterocycles. The first-order valence-corrected chi connectivity index (χ1v) is 6.36. The minimum Gasteiger partial charge on any atom is -0.310 e. The lowest BCUT2D eigenvalue weighted by molar-refractivity contribution is 0.221. The van der Waals surface area contributed by atoms with Crippen LogP contribution in [0.15, 0.2) is 36.7 Å². The van der Waals surface area contributed by atoms with E-state index in [1.165, 1.54) is 0 Å². The maximum Gasteiger partial charge on any atom is 0.322 e. The van der Waals surface area contributed by atoms with Crippen molar-refractivity contribution < 1.29 is 4.79 Å². The van der Waals surface area contributed by atoms with Gasteiger partial charge in [0.1, 0.15) is 0 Å². The number of amides is 2. The number of urea groups is 1. The van der Waals surface area contributed by atoms with Crippen molar-refractivity contribution in [3.05, 3.63) is 36.7 Å². The van der Waals surface area contributed by atoms with Crippen molar-refractivity contribution >= 4 is 22.5 Å². The summed E-state index contributed by atoms with van der Waals surface area (Å²) >= 11 is 0. The highest BCUT2D eigenvalue weighted by molar-refractivity contribution is 6.01. The van der Waals surface area contributed by atoms with Crippen LogP contribution in [0.2, 0.25) is 0 Å². The normalized spacial score (nSPS) is 18.8. The van der Waals surface area contributed by atoms with Crippen LogP contribution < -0.4 is 10.6 Å². The Morgan fingerprint density at radius 3 is 3.16 bits per heavy atom. The van der Waals surface area contributed by atoms with Crippen molar-refractivity contribution in [1.29, 1.82) is 0 Å². The van der Waals surface area contributed by atoms with Crippen LogP contribution in [0.25, 0.3) is 10.8 Å². The average molecular weight is 256 g/mol. The second-order valence-electron chi connectivity index (χ2n) is 4.82. The third-order valence-electron chi connectivity index (χ3n) is 3.33. The van der Waals surface area contributed by atoms with Gasteiger partial charge in [0, 0.05) is 35.8 Å². The molecule has 2 heterocycles. The number of fused-ring (bicyclic) bond motifs is 1. The van der Waals surface area contributed by atoms with Crippen LogP contribution in [0.5, 0.6) is 0 Å². The summed E-state index contributed by atoms with van der Waals surface area (Å²) in [5, 5.41) is 8.22. The van der Waals surface area contributed by atoms with E-state index in [4.69, 9.17) is 0 Å². The van der Waals surface area contributed by atoms with Gasteiger partial charge in [-0.2, -0.15) is 0 Å². The molecule has 2 aromatic rings. The molecule has 2 amide bonds. The molecule has 1 aromatic heterocycles. The number of carbonyl (C=O) groups is 1. The van der Waals surface area contributed by atoms with Gasteiger partial charge in [0.25, 0.3) is 0 Å². The summed E-state index contributed by atoms with van der Waals surface area (Å²) in [4.78, 5) is 18.0. The zero-order chi connectivity index (χ0) is 13.2. The molecule has 19 heavy (non-hydrogen) atoms. The lowest BCUT2D eigenvalue weighted by Crippen LogP contribution is -2.33. The number of aromatic nitrogens is 1. The molecule has 0 spiro atoms. The highest BCUT2D eigenvalue weighted by atomic mass is 16.2. The predicted octanol–water partition coefficient (Wildman–Crippen LogP) is 2.02. The largest absolute Gasteiger partial charge is 0.322 e. The van der Waals surface area contributed by atoms with Gasteiger partial charge in [-0.05, 0) is 19.1 Å². The highest BCUT2D eigenvalue weighted by Crippen LogP contribution is 2.22. The number of benzene rings is 1. The predicted molar refractivity (Wildman–Crippen MR) is 74.9 cm³/mol. The Bertz CT molecular complexity index is 608. The van der Waals surface area contributed by atoms with Gasteiger partial charge in [-0.1, -0.05) is 12.1 Å². The van der Waals surface area contributed by atoms with Crippen LogP contribution in [0.1, 0.15) is 6.92 Å². The fraction of sp³-hybridized carbons (Fsp3) is 0.286. The topological polar surface area (TPSA) is 57.3 Å². The molecular weight excluding hydrogens is 240 g/mol. The summed E-state index contributed by atoms with van der Waals surface area (Å²) in [6.45, 7) is 3.40. The number of anilines is 1. The van der Waals surface area contributed by atoms with Gasteiger partial charge in [0.2, 0.25) is 0 Å². The van der Waals surface area contributed by atoms with E-state index in [2.05, 4.69) is 22.5 Å². The monoisotopic (exact) mass is 256 g/mol.